The molecule has 0 heterocycles. The second-order valence-electron chi connectivity index (χ2n) is 3.68. The maximum atomic E-state index is 13.3. The van der Waals surface area contributed by atoms with Crippen molar-refractivity contribution in [3.05, 3.63) is 35.1 Å². The summed E-state index contributed by atoms with van der Waals surface area (Å²) in [5.41, 5.74) is 1.13. The van der Waals surface area contributed by atoms with E-state index >= 15 is 0 Å². The summed E-state index contributed by atoms with van der Waals surface area (Å²) < 4.78 is 13.3. The van der Waals surface area contributed by atoms with Crippen LogP contribution in [0.15, 0.2) is 18.2 Å². The molecule has 0 aromatic heterocycles. The lowest BCUT2D eigenvalue weighted by Gasteiger charge is -2.05. The molecule has 1 rings (SSSR count). The summed E-state index contributed by atoms with van der Waals surface area (Å²) in [6, 6.07) is 4.72. The zero-order valence-corrected chi connectivity index (χ0v) is 8.80. The summed E-state index contributed by atoms with van der Waals surface area (Å²) in [5, 5.41) is 0. The van der Waals surface area contributed by atoms with Gasteiger partial charge in [-0.2, -0.15) is 0 Å². The van der Waals surface area contributed by atoms with E-state index in [4.69, 9.17) is 0 Å². The fourth-order valence-electron chi connectivity index (χ4n) is 1.32. The van der Waals surface area contributed by atoms with Crippen LogP contribution in [-0.2, 0) is 6.42 Å². The van der Waals surface area contributed by atoms with Crippen molar-refractivity contribution in [2.75, 3.05) is 0 Å². The minimum absolute atomic E-state index is 0.00782. The molecule has 1 aromatic carbocycles. The molecule has 76 valence electrons. The predicted octanol–water partition coefficient (Wildman–Crippen LogP) is 3.23. The second kappa shape index (κ2) is 4.36. The number of aryl methyl sites for hydroxylation is 1. The average molecular weight is 194 g/mol. The van der Waals surface area contributed by atoms with E-state index in [0.717, 1.165) is 0 Å². The molecular formula is C12H15FO. The van der Waals surface area contributed by atoms with Gasteiger partial charge in [-0.1, -0.05) is 32.9 Å². The summed E-state index contributed by atoms with van der Waals surface area (Å²) in [6.45, 7) is 5.52. The molecule has 2 heteroatoms. The lowest BCUT2D eigenvalue weighted by molar-refractivity contribution is 0.0939. The Morgan fingerprint density at radius 3 is 2.50 bits per heavy atom. The van der Waals surface area contributed by atoms with E-state index in [0.29, 0.717) is 17.5 Å². The van der Waals surface area contributed by atoms with Crippen LogP contribution in [0.5, 0.6) is 0 Å². The molecule has 0 aliphatic heterocycles. The smallest absolute Gasteiger partial charge is 0.165 e. The van der Waals surface area contributed by atoms with Crippen LogP contribution in [0.1, 0.15) is 36.7 Å². The minimum atomic E-state index is -0.279. The number of hydrogen-bond acceptors (Lipinski definition) is 1. The van der Waals surface area contributed by atoms with Crippen LogP contribution in [0, 0.1) is 11.7 Å². The zero-order valence-electron chi connectivity index (χ0n) is 8.80. The van der Waals surface area contributed by atoms with Crippen molar-refractivity contribution < 1.29 is 9.18 Å². The van der Waals surface area contributed by atoms with Crippen LogP contribution in [0.3, 0.4) is 0 Å². The zero-order chi connectivity index (χ0) is 10.7. The molecular weight excluding hydrogens is 179 g/mol. The Hall–Kier alpha value is -1.18. The fourth-order valence-corrected chi connectivity index (χ4v) is 1.32. The highest BCUT2D eigenvalue weighted by molar-refractivity contribution is 5.97. The first kappa shape index (κ1) is 10.9. The van der Waals surface area contributed by atoms with Crippen LogP contribution >= 0.6 is 0 Å². The molecule has 0 amide bonds. The van der Waals surface area contributed by atoms with E-state index in [-0.39, 0.29) is 17.5 Å². The highest BCUT2D eigenvalue weighted by Gasteiger charge is 2.12. The molecule has 0 spiro atoms. The summed E-state index contributed by atoms with van der Waals surface area (Å²) in [7, 11) is 0. The van der Waals surface area contributed by atoms with Gasteiger partial charge in [0.2, 0.25) is 0 Å². The maximum Gasteiger partial charge on any atom is 0.165 e. The molecule has 0 aliphatic carbocycles. The van der Waals surface area contributed by atoms with Crippen LogP contribution in [0.2, 0.25) is 0 Å². The van der Waals surface area contributed by atoms with Gasteiger partial charge in [0.05, 0.1) is 0 Å². The van der Waals surface area contributed by atoms with Gasteiger partial charge in [0.1, 0.15) is 5.82 Å². The van der Waals surface area contributed by atoms with Crippen LogP contribution in [-0.4, -0.2) is 5.78 Å². The first-order valence-electron chi connectivity index (χ1n) is 4.89. The molecule has 14 heavy (non-hydrogen) atoms. The summed E-state index contributed by atoms with van der Waals surface area (Å²) >= 11 is 0. The van der Waals surface area contributed by atoms with E-state index in [2.05, 4.69) is 0 Å². The van der Waals surface area contributed by atoms with Gasteiger partial charge in [-0.05, 0) is 18.1 Å². The second-order valence-corrected chi connectivity index (χ2v) is 3.68. The van der Waals surface area contributed by atoms with Crippen molar-refractivity contribution in [1.29, 1.82) is 0 Å². The molecule has 1 aromatic rings. The normalized spacial score (nSPS) is 10.6. The summed E-state index contributed by atoms with van der Waals surface area (Å²) in [6.07, 6.45) is 0.655. The molecule has 0 aliphatic rings. The molecule has 0 radical (unpaired) electrons. The number of ketones is 1. The minimum Gasteiger partial charge on any atom is -0.294 e. The monoisotopic (exact) mass is 194 g/mol. The number of Topliss-reactive ketones (excluding diaryl/α,β-unsaturated/α-hetero) is 1. The lowest BCUT2D eigenvalue weighted by Crippen LogP contribution is -2.08. The Kier molecular flexibility index (Phi) is 3.39. The van der Waals surface area contributed by atoms with Gasteiger partial charge in [0.25, 0.3) is 0 Å². The first-order valence-corrected chi connectivity index (χ1v) is 4.89. The molecule has 0 unspecified atom stereocenters. The number of benzene rings is 1. The summed E-state index contributed by atoms with van der Waals surface area (Å²) in [5.74, 6) is -0.368. The van der Waals surface area contributed by atoms with Crippen molar-refractivity contribution >= 4 is 5.78 Å². The van der Waals surface area contributed by atoms with Gasteiger partial charge in [-0.15, -0.1) is 0 Å². The highest BCUT2D eigenvalue weighted by atomic mass is 19.1. The van der Waals surface area contributed by atoms with Gasteiger partial charge in [-0.3, -0.25) is 4.79 Å². The van der Waals surface area contributed by atoms with Gasteiger partial charge in [0, 0.05) is 11.5 Å². The van der Waals surface area contributed by atoms with Gasteiger partial charge in [0.15, 0.2) is 5.78 Å². The topological polar surface area (TPSA) is 17.1 Å². The predicted molar refractivity (Wildman–Crippen MR) is 54.9 cm³/mol. The molecule has 0 N–H and O–H groups in total. The largest absolute Gasteiger partial charge is 0.294 e. The molecule has 0 atom stereocenters. The third-order valence-corrected chi connectivity index (χ3v) is 2.24. The Labute approximate surface area is 83.9 Å². The molecule has 0 saturated heterocycles. The Morgan fingerprint density at radius 1 is 1.43 bits per heavy atom. The van der Waals surface area contributed by atoms with Crippen LogP contribution in [0.4, 0.5) is 4.39 Å². The third kappa shape index (κ3) is 2.19. The van der Waals surface area contributed by atoms with Crippen molar-refractivity contribution in [1.82, 2.24) is 0 Å². The first-order chi connectivity index (χ1) is 6.56. The molecule has 0 saturated carbocycles. The van der Waals surface area contributed by atoms with Crippen molar-refractivity contribution in [2.24, 2.45) is 5.92 Å². The molecule has 0 fully saturated rings. The Balaban J connectivity index is 3.03. The van der Waals surface area contributed by atoms with E-state index in [1.54, 1.807) is 12.1 Å². The van der Waals surface area contributed by atoms with Gasteiger partial charge >= 0.3 is 0 Å². The third-order valence-electron chi connectivity index (χ3n) is 2.24. The maximum absolute atomic E-state index is 13.3. The van der Waals surface area contributed by atoms with Gasteiger partial charge in [-0.25, -0.2) is 4.39 Å². The number of carbonyl (C=O) groups is 1. The fraction of sp³-hybridized carbons (Fsp3) is 0.417. The van der Waals surface area contributed by atoms with Crippen LogP contribution in [0.25, 0.3) is 0 Å². The SMILES string of the molecule is CCc1ccc(C(=O)C(C)C)cc1F. The number of rotatable bonds is 3. The number of halogens is 1. The molecule has 1 nitrogen and oxygen atoms in total. The Morgan fingerprint density at radius 2 is 2.07 bits per heavy atom. The number of carbonyl (C=O) groups excluding carboxylic acids is 1. The van der Waals surface area contributed by atoms with Crippen molar-refractivity contribution in [2.45, 2.75) is 27.2 Å². The van der Waals surface area contributed by atoms with Crippen molar-refractivity contribution in [3.63, 3.8) is 0 Å². The average Bonchev–Trinajstić information content (AvgIpc) is 2.16. The quantitative estimate of drug-likeness (QED) is 0.675. The van der Waals surface area contributed by atoms with E-state index < -0.39 is 0 Å². The summed E-state index contributed by atoms with van der Waals surface area (Å²) in [4.78, 5) is 11.5. The van der Waals surface area contributed by atoms with Gasteiger partial charge < -0.3 is 0 Å². The number of hydrogen-bond donors (Lipinski definition) is 0. The van der Waals surface area contributed by atoms with Crippen LogP contribution < -0.4 is 0 Å². The van der Waals surface area contributed by atoms with Crippen molar-refractivity contribution in [3.8, 4) is 0 Å². The Bertz CT molecular complexity index is 342. The highest BCUT2D eigenvalue weighted by Crippen LogP contribution is 2.14. The molecule has 0 bridgehead atoms. The van der Waals surface area contributed by atoms with E-state index in [1.165, 1.54) is 6.07 Å². The standard InChI is InChI=1S/C12H15FO/c1-4-9-5-6-10(7-11(9)13)12(14)8(2)3/h5-8H,4H2,1-3H3. The van der Waals surface area contributed by atoms with E-state index in [1.807, 2.05) is 20.8 Å². The van der Waals surface area contributed by atoms with E-state index in [9.17, 15) is 9.18 Å². The lowest BCUT2D eigenvalue weighted by atomic mass is 9.99.